The number of aromatic amines is 1. The molecule has 2 atom stereocenters. The van der Waals surface area contributed by atoms with Crippen LogP contribution in [0.2, 0.25) is 0 Å². The fraction of sp³-hybridized carbons (Fsp3) is 0.286. The molecule has 0 aliphatic carbocycles. The van der Waals surface area contributed by atoms with E-state index in [9.17, 15) is 13.9 Å². The van der Waals surface area contributed by atoms with Crippen molar-refractivity contribution in [2.75, 3.05) is 0 Å². The molecule has 4 aromatic rings. The molecule has 34 heavy (non-hydrogen) atoms. The molecule has 3 N–H and O–H groups in total. The number of halogens is 3. The lowest BCUT2D eigenvalue weighted by Gasteiger charge is -2.25. The molecule has 0 fully saturated rings. The van der Waals surface area contributed by atoms with Crippen LogP contribution in [-0.4, -0.2) is 16.1 Å². The highest BCUT2D eigenvalue weighted by atomic mass is 35.5. The minimum atomic E-state index is -0.454. The van der Waals surface area contributed by atoms with Crippen LogP contribution < -0.4 is 5.32 Å². The maximum absolute atomic E-state index is 14.7. The van der Waals surface area contributed by atoms with Crippen LogP contribution in [0, 0.1) is 18.6 Å². The molecule has 0 radical (unpaired) electrons. The van der Waals surface area contributed by atoms with Gasteiger partial charge >= 0.3 is 0 Å². The molecule has 1 aliphatic rings. The molecule has 3 nitrogen and oxygen atoms in total. The first-order chi connectivity index (χ1) is 16.0. The summed E-state index contributed by atoms with van der Waals surface area (Å²) in [7, 11) is 0. The van der Waals surface area contributed by atoms with Crippen LogP contribution in [-0.2, 0) is 13.0 Å². The van der Waals surface area contributed by atoms with Crippen LogP contribution >= 0.6 is 12.4 Å². The smallest absolute Gasteiger partial charge is 0.147 e. The monoisotopic (exact) mass is 482 g/mol. The molecule has 3 aromatic carbocycles. The minimum Gasteiger partial charge on any atom is -0.388 e. The van der Waals surface area contributed by atoms with E-state index in [1.807, 2.05) is 31.2 Å². The first kappa shape index (κ1) is 24.4. The molecule has 6 heteroatoms. The summed E-state index contributed by atoms with van der Waals surface area (Å²) in [5.41, 5.74) is 6.57. The van der Waals surface area contributed by atoms with E-state index < -0.39 is 6.10 Å². The number of nitrogens with one attached hydrogen (secondary N) is 2. The molecular weight excluding hydrogens is 454 g/mol. The second kappa shape index (κ2) is 10.3. The number of aryl methyl sites for hydroxylation is 1. The van der Waals surface area contributed by atoms with Gasteiger partial charge < -0.3 is 15.4 Å². The third-order valence-corrected chi connectivity index (χ3v) is 6.76. The zero-order chi connectivity index (χ0) is 22.9. The van der Waals surface area contributed by atoms with E-state index >= 15 is 0 Å². The standard InChI is InChI=1S/C28H28F2N2O.ClH/c1-17-5-7-19(8-6-17)26(33)4-2-3-21-15-25-23(16-31-21)27-22(13-14-24(30)28(27)32-25)18-9-11-20(29)12-10-18;/h5-14,21,26,31-33H,2-4,15-16H2,1H3;1H. The molecule has 0 amide bonds. The molecule has 0 saturated heterocycles. The zero-order valence-corrected chi connectivity index (χ0v) is 19.9. The van der Waals surface area contributed by atoms with Crippen LogP contribution in [0.25, 0.3) is 22.0 Å². The van der Waals surface area contributed by atoms with E-state index in [0.717, 1.165) is 52.6 Å². The van der Waals surface area contributed by atoms with Crippen LogP contribution in [0.4, 0.5) is 8.78 Å². The Morgan fingerprint density at radius 2 is 1.74 bits per heavy atom. The fourth-order valence-electron chi connectivity index (χ4n) is 4.91. The molecule has 178 valence electrons. The normalized spacial score (nSPS) is 16.2. The van der Waals surface area contributed by atoms with E-state index in [0.29, 0.717) is 18.5 Å². The van der Waals surface area contributed by atoms with E-state index in [4.69, 9.17) is 0 Å². The maximum atomic E-state index is 14.7. The topological polar surface area (TPSA) is 48.0 Å². The largest absolute Gasteiger partial charge is 0.388 e. The van der Waals surface area contributed by atoms with Gasteiger partial charge in [0.15, 0.2) is 0 Å². The molecule has 0 spiro atoms. The predicted molar refractivity (Wildman–Crippen MR) is 135 cm³/mol. The molecule has 1 aliphatic heterocycles. The van der Waals surface area contributed by atoms with Crippen molar-refractivity contribution in [2.24, 2.45) is 0 Å². The Morgan fingerprint density at radius 3 is 2.47 bits per heavy atom. The van der Waals surface area contributed by atoms with Gasteiger partial charge in [0, 0.05) is 30.1 Å². The molecule has 2 unspecified atom stereocenters. The van der Waals surface area contributed by atoms with Crippen molar-refractivity contribution in [1.82, 2.24) is 10.3 Å². The molecular formula is C28H29ClF2N2O. The number of aromatic nitrogens is 1. The quantitative estimate of drug-likeness (QED) is 0.284. The summed E-state index contributed by atoms with van der Waals surface area (Å²) in [6.45, 7) is 2.69. The van der Waals surface area contributed by atoms with Crippen LogP contribution in [0.5, 0.6) is 0 Å². The molecule has 1 aromatic heterocycles. The Balaban J connectivity index is 0.00000274. The Hall–Kier alpha value is -2.73. The van der Waals surface area contributed by atoms with Gasteiger partial charge in [0.25, 0.3) is 0 Å². The predicted octanol–water partition coefficient (Wildman–Crippen LogP) is 6.76. The zero-order valence-electron chi connectivity index (χ0n) is 19.1. The van der Waals surface area contributed by atoms with E-state index in [-0.39, 0.29) is 30.1 Å². The van der Waals surface area contributed by atoms with Gasteiger partial charge in [-0.05, 0) is 66.6 Å². The first-order valence-corrected chi connectivity index (χ1v) is 11.6. The van der Waals surface area contributed by atoms with Crippen LogP contribution in [0.15, 0.2) is 60.7 Å². The van der Waals surface area contributed by atoms with Gasteiger partial charge in [-0.1, -0.05) is 48.0 Å². The van der Waals surface area contributed by atoms with Gasteiger partial charge in [-0.15, -0.1) is 12.4 Å². The number of aliphatic hydroxyl groups excluding tert-OH is 1. The number of fused-ring (bicyclic) bond motifs is 3. The fourth-order valence-corrected chi connectivity index (χ4v) is 4.91. The van der Waals surface area contributed by atoms with Gasteiger partial charge in [-0.3, -0.25) is 0 Å². The van der Waals surface area contributed by atoms with Crippen molar-refractivity contribution in [3.63, 3.8) is 0 Å². The summed E-state index contributed by atoms with van der Waals surface area (Å²) < 4.78 is 28.1. The van der Waals surface area contributed by atoms with Gasteiger partial charge in [0.1, 0.15) is 11.6 Å². The number of aliphatic hydroxyl groups is 1. The van der Waals surface area contributed by atoms with Crippen molar-refractivity contribution in [3.05, 3.63) is 94.7 Å². The van der Waals surface area contributed by atoms with E-state index in [1.165, 1.54) is 23.8 Å². The highest BCUT2D eigenvalue weighted by Gasteiger charge is 2.25. The van der Waals surface area contributed by atoms with Crippen molar-refractivity contribution >= 4 is 23.3 Å². The summed E-state index contributed by atoms with van der Waals surface area (Å²) in [5, 5.41) is 15.0. The van der Waals surface area contributed by atoms with Gasteiger partial charge in [-0.25, -0.2) is 8.78 Å². The molecule has 0 bridgehead atoms. The van der Waals surface area contributed by atoms with Crippen molar-refractivity contribution in [3.8, 4) is 11.1 Å². The number of benzene rings is 3. The Kier molecular flexibility index (Phi) is 7.36. The van der Waals surface area contributed by atoms with Crippen molar-refractivity contribution in [2.45, 2.75) is 51.3 Å². The second-order valence-corrected chi connectivity index (χ2v) is 9.07. The SMILES string of the molecule is Cc1ccc(C(O)CCCC2Cc3[nH]c4c(F)ccc(-c5ccc(F)cc5)c4c3CN2)cc1.Cl. The summed E-state index contributed by atoms with van der Waals surface area (Å²) in [6.07, 6.45) is 2.88. The summed E-state index contributed by atoms with van der Waals surface area (Å²) in [4.78, 5) is 3.33. The average Bonchev–Trinajstić information content (AvgIpc) is 3.20. The summed E-state index contributed by atoms with van der Waals surface area (Å²) in [6, 6.07) is 17.9. The molecule has 0 saturated carbocycles. The third-order valence-electron chi connectivity index (χ3n) is 6.76. The molecule has 2 heterocycles. The number of H-pyrrole nitrogens is 1. The van der Waals surface area contributed by atoms with Crippen molar-refractivity contribution < 1.29 is 13.9 Å². The minimum absolute atomic E-state index is 0. The number of hydrogen-bond acceptors (Lipinski definition) is 2. The Bertz CT molecular complexity index is 1270. The average molecular weight is 483 g/mol. The lowest BCUT2D eigenvalue weighted by molar-refractivity contribution is 0.161. The maximum Gasteiger partial charge on any atom is 0.147 e. The van der Waals surface area contributed by atoms with Gasteiger partial charge in [0.05, 0.1) is 11.6 Å². The second-order valence-electron chi connectivity index (χ2n) is 9.07. The van der Waals surface area contributed by atoms with E-state index in [1.54, 1.807) is 18.2 Å². The molecule has 5 rings (SSSR count). The number of hydrogen-bond donors (Lipinski definition) is 3. The van der Waals surface area contributed by atoms with Gasteiger partial charge in [0.2, 0.25) is 0 Å². The van der Waals surface area contributed by atoms with Crippen LogP contribution in [0.3, 0.4) is 0 Å². The van der Waals surface area contributed by atoms with Gasteiger partial charge in [-0.2, -0.15) is 0 Å². The summed E-state index contributed by atoms with van der Waals surface area (Å²) >= 11 is 0. The highest BCUT2D eigenvalue weighted by molar-refractivity contribution is 5.99. The highest BCUT2D eigenvalue weighted by Crippen LogP contribution is 2.36. The third kappa shape index (κ3) is 4.88. The lowest BCUT2D eigenvalue weighted by Crippen LogP contribution is -2.35. The first-order valence-electron chi connectivity index (χ1n) is 11.6. The Morgan fingerprint density at radius 1 is 1.00 bits per heavy atom. The summed E-state index contributed by atoms with van der Waals surface area (Å²) in [5.74, 6) is -0.562. The van der Waals surface area contributed by atoms with E-state index in [2.05, 4.69) is 10.3 Å². The lowest BCUT2D eigenvalue weighted by atomic mass is 9.93. The Labute approximate surface area is 204 Å². The number of rotatable bonds is 6. The van der Waals surface area contributed by atoms with Crippen LogP contribution in [0.1, 0.15) is 47.8 Å². The van der Waals surface area contributed by atoms with Crippen molar-refractivity contribution in [1.29, 1.82) is 0 Å².